The average Bonchev–Trinajstić information content (AvgIpc) is 3.00. The van der Waals surface area contributed by atoms with Crippen molar-refractivity contribution in [2.24, 2.45) is 0 Å². The van der Waals surface area contributed by atoms with Crippen LogP contribution in [0.4, 0.5) is 4.39 Å². The molecule has 3 rings (SSSR count). The van der Waals surface area contributed by atoms with E-state index < -0.39 is 5.82 Å². The fourth-order valence-electron chi connectivity index (χ4n) is 2.66. The molecule has 1 aromatic heterocycles. The Hall–Kier alpha value is -2.50. The maximum atomic E-state index is 13.6. The molecule has 1 unspecified atom stereocenters. The van der Waals surface area contributed by atoms with Crippen LogP contribution in [-0.2, 0) is 4.79 Å². The van der Waals surface area contributed by atoms with E-state index in [-0.39, 0.29) is 23.6 Å². The molecule has 1 atom stereocenters. The quantitative estimate of drug-likeness (QED) is 0.874. The molecular formula is C16H16FN3O2. The lowest BCUT2D eigenvalue weighted by atomic mass is 10.1. The van der Waals surface area contributed by atoms with Gasteiger partial charge in [0.05, 0.1) is 24.1 Å². The van der Waals surface area contributed by atoms with Gasteiger partial charge in [-0.25, -0.2) is 9.37 Å². The van der Waals surface area contributed by atoms with Crippen LogP contribution in [0.1, 0.15) is 31.5 Å². The van der Waals surface area contributed by atoms with Crippen molar-refractivity contribution in [3.8, 4) is 11.6 Å². The highest BCUT2D eigenvalue weighted by Gasteiger charge is 2.29. The van der Waals surface area contributed by atoms with Gasteiger partial charge in [0.1, 0.15) is 0 Å². The molecule has 0 saturated carbocycles. The summed E-state index contributed by atoms with van der Waals surface area (Å²) in [5.74, 6) is -0.118. The molecule has 1 fully saturated rings. The maximum Gasteiger partial charge on any atom is 0.238 e. The lowest BCUT2D eigenvalue weighted by molar-refractivity contribution is -0.129. The third-order valence-corrected chi connectivity index (χ3v) is 3.68. The number of benzene rings is 1. The average molecular weight is 301 g/mol. The van der Waals surface area contributed by atoms with E-state index in [4.69, 9.17) is 4.74 Å². The minimum absolute atomic E-state index is 0.0183. The first-order valence-corrected chi connectivity index (χ1v) is 7.16. The van der Waals surface area contributed by atoms with Gasteiger partial charge in [-0.05, 0) is 25.0 Å². The zero-order valence-corrected chi connectivity index (χ0v) is 12.2. The van der Waals surface area contributed by atoms with Crippen molar-refractivity contribution in [2.75, 3.05) is 6.54 Å². The third kappa shape index (κ3) is 2.90. The summed E-state index contributed by atoms with van der Waals surface area (Å²) in [5.41, 5.74) is 0.668. The lowest BCUT2D eigenvalue weighted by Gasteiger charge is -2.22. The predicted molar refractivity (Wildman–Crippen MR) is 77.9 cm³/mol. The van der Waals surface area contributed by atoms with Crippen molar-refractivity contribution < 1.29 is 13.9 Å². The van der Waals surface area contributed by atoms with Crippen LogP contribution in [0.15, 0.2) is 36.7 Å². The van der Waals surface area contributed by atoms with E-state index in [0.717, 1.165) is 19.4 Å². The van der Waals surface area contributed by atoms with Crippen molar-refractivity contribution in [2.45, 2.75) is 25.8 Å². The Labute approximate surface area is 127 Å². The van der Waals surface area contributed by atoms with Crippen molar-refractivity contribution in [3.05, 3.63) is 48.2 Å². The Kier molecular flexibility index (Phi) is 4.00. The number of amides is 1. The van der Waals surface area contributed by atoms with Gasteiger partial charge in [0.15, 0.2) is 11.6 Å². The number of para-hydroxylation sites is 1. The predicted octanol–water partition coefficient (Wildman–Crippen LogP) is 3.09. The van der Waals surface area contributed by atoms with Gasteiger partial charge in [-0.15, -0.1) is 0 Å². The minimum Gasteiger partial charge on any atom is -0.434 e. The number of halogens is 1. The molecule has 5 nitrogen and oxygen atoms in total. The zero-order valence-electron chi connectivity index (χ0n) is 12.2. The highest BCUT2D eigenvalue weighted by molar-refractivity contribution is 5.74. The van der Waals surface area contributed by atoms with Crippen molar-refractivity contribution in [1.82, 2.24) is 14.9 Å². The number of likely N-dealkylation sites (tertiary alicyclic amines) is 1. The Balaban J connectivity index is 1.84. The van der Waals surface area contributed by atoms with E-state index in [0.29, 0.717) is 5.69 Å². The SMILES string of the molecule is CC(=O)N1CCCC1c1cncc(Oc2ccccc2F)n1. The van der Waals surface area contributed by atoms with E-state index in [1.807, 2.05) is 0 Å². The second-order valence-corrected chi connectivity index (χ2v) is 5.19. The molecule has 2 heterocycles. The number of hydrogen-bond donors (Lipinski definition) is 0. The van der Waals surface area contributed by atoms with Gasteiger partial charge in [-0.1, -0.05) is 12.1 Å². The number of nitrogens with zero attached hydrogens (tertiary/aromatic N) is 3. The molecule has 1 saturated heterocycles. The highest BCUT2D eigenvalue weighted by Crippen LogP contribution is 2.31. The first-order valence-electron chi connectivity index (χ1n) is 7.16. The number of hydrogen-bond acceptors (Lipinski definition) is 4. The fraction of sp³-hybridized carbons (Fsp3) is 0.312. The van der Waals surface area contributed by atoms with Crippen LogP contribution in [0, 0.1) is 5.82 Å². The van der Waals surface area contributed by atoms with Gasteiger partial charge < -0.3 is 9.64 Å². The number of carbonyl (C=O) groups is 1. The molecule has 114 valence electrons. The van der Waals surface area contributed by atoms with Crippen LogP contribution in [0.3, 0.4) is 0 Å². The Morgan fingerprint density at radius 3 is 2.95 bits per heavy atom. The van der Waals surface area contributed by atoms with Gasteiger partial charge in [-0.2, -0.15) is 0 Å². The van der Waals surface area contributed by atoms with Gasteiger partial charge in [-0.3, -0.25) is 9.78 Å². The van der Waals surface area contributed by atoms with Crippen molar-refractivity contribution >= 4 is 5.91 Å². The minimum atomic E-state index is -0.457. The molecule has 1 aliphatic rings. The van der Waals surface area contributed by atoms with Gasteiger partial charge in [0.25, 0.3) is 0 Å². The van der Waals surface area contributed by atoms with Crippen molar-refractivity contribution in [3.63, 3.8) is 0 Å². The fourth-order valence-corrected chi connectivity index (χ4v) is 2.66. The van der Waals surface area contributed by atoms with Crippen LogP contribution < -0.4 is 4.74 Å². The smallest absolute Gasteiger partial charge is 0.238 e. The Morgan fingerprint density at radius 1 is 1.36 bits per heavy atom. The normalized spacial score (nSPS) is 17.5. The summed E-state index contributed by atoms with van der Waals surface area (Å²) in [5, 5.41) is 0. The third-order valence-electron chi connectivity index (χ3n) is 3.68. The largest absolute Gasteiger partial charge is 0.434 e. The first-order chi connectivity index (χ1) is 10.6. The monoisotopic (exact) mass is 301 g/mol. The summed E-state index contributed by atoms with van der Waals surface area (Å²) in [4.78, 5) is 21.9. The number of rotatable bonds is 3. The van der Waals surface area contributed by atoms with Crippen LogP contribution in [-0.4, -0.2) is 27.3 Å². The second kappa shape index (κ2) is 6.09. The van der Waals surface area contributed by atoms with E-state index in [1.54, 1.807) is 30.2 Å². The molecule has 1 aromatic carbocycles. The summed E-state index contributed by atoms with van der Waals surface area (Å²) >= 11 is 0. The topological polar surface area (TPSA) is 55.3 Å². The molecule has 22 heavy (non-hydrogen) atoms. The number of carbonyl (C=O) groups excluding carboxylic acids is 1. The highest BCUT2D eigenvalue weighted by atomic mass is 19.1. The van der Waals surface area contributed by atoms with E-state index in [2.05, 4.69) is 9.97 Å². The standard InChI is InChI=1S/C16H16FN3O2/c1-11(21)20-8-4-6-14(20)13-9-18-10-16(19-13)22-15-7-3-2-5-12(15)17/h2-3,5,7,9-10,14H,4,6,8H2,1H3. The Morgan fingerprint density at radius 2 is 2.18 bits per heavy atom. The molecule has 2 aromatic rings. The van der Waals surface area contributed by atoms with Gasteiger partial charge in [0, 0.05) is 13.5 Å². The molecule has 6 heteroatoms. The second-order valence-electron chi connectivity index (χ2n) is 5.19. The lowest BCUT2D eigenvalue weighted by Crippen LogP contribution is -2.28. The van der Waals surface area contributed by atoms with Gasteiger partial charge in [0.2, 0.25) is 11.8 Å². The maximum absolute atomic E-state index is 13.6. The van der Waals surface area contributed by atoms with E-state index >= 15 is 0 Å². The van der Waals surface area contributed by atoms with E-state index in [9.17, 15) is 9.18 Å². The molecule has 0 bridgehead atoms. The molecular weight excluding hydrogens is 285 g/mol. The molecule has 1 aliphatic heterocycles. The molecule has 0 spiro atoms. The summed E-state index contributed by atoms with van der Waals surface area (Å²) in [7, 11) is 0. The molecule has 0 N–H and O–H groups in total. The Bertz CT molecular complexity index is 693. The summed E-state index contributed by atoms with van der Waals surface area (Å²) in [6.45, 7) is 2.27. The molecule has 1 amide bonds. The van der Waals surface area contributed by atoms with Crippen LogP contribution in [0.2, 0.25) is 0 Å². The summed E-state index contributed by atoms with van der Waals surface area (Å²) in [6, 6.07) is 6.04. The zero-order chi connectivity index (χ0) is 15.5. The van der Waals surface area contributed by atoms with Crippen LogP contribution in [0.5, 0.6) is 11.6 Å². The number of aromatic nitrogens is 2. The summed E-state index contributed by atoms with van der Waals surface area (Å²) in [6.07, 6.45) is 4.84. The summed E-state index contributed by atoms with van der Waals surface area (Å²) < 4.78 is 19.1. The van der Waals surface area contributed by atoms with Gasteiger partial charge >= 0.3 is 0 Å². The molecule has 0 radical (unpaired) electrons. The number of ether oxygens (including phenoxy) is 1. The van der Waals surface area contributed by atoms with Crippen LogP contribution >= 0.6 is 0 Å². The molecule has 0 aliphatic carbocycles. The van der Waals surface area contributed by atoms with Crippen molar-refractivity contribution in [1.29, 1.82) is 0 Å². The van der Waals surface area contributed by atoms with Crippen LogP contribution in [0.25, 0.3) is 0 Å². The van der Waals surface area contributed by atoms with E-state index in [1.165, 1.54) is 18.3 Å². The first kappa shape index (κ1) is 14.4.